The van der Waals surface area contributed by atoms with Gasteiger partial charge in [0.15, 0.2) is 5.60 Å². The van der Waals surface area contributed by atoms with Crippen LogP contribution in [-0.4, -0.2) is 78.8 Å². The summed E-state index contributed by atoms with van der Waals surface area (Å²) in [5.74, 6) is 0.503. The van der Waals surface area contributed by atoms with Gasteiger partial charge in [0.1, 0.15) is 5.75 Å². The van der Waals surface area contributed by atoms with E-state index in [1.54, 1.807) is 16.9 Å². The monoisotopic (exact) mass is 376 g/mol. The molecule has 8 nitrogen and oxygen atoms in total. The molecule has 0 radical (unpaired) electrons. The average Bonchev–Trinajstić information content (AvgIpc) is 3.08. The van der Waals surface area contributed by atoms with Gasteiger partial charge >= 0.3 is 6.03 Å². The summed E-state index contributed by atoms with van der Waals surface area (Å²) < 4.78 is 5.23. The highest BCUT2D eigenvalue weighted by Crippen LogP contribution is 2.24. The van der Waals surface area contributed by atoms with Crippen LogP contribution in [0.5, 0.6) is 5.75 Å². The van der Waals surface area contributed by atoms with E-state index in [-0.39, 0.29) is 18.5 Å². The molecule has 0 spiro atoms. The molecule has 1 atom stereocenters. The standard InChI is InChI=1S/C19H28N4O4/c1-27-16-5-2-4-15(12-16)13-23-9-3-6-19(26,17(23)24)14-20-7-10-22-11-8-21-18(22)25/h2,4-5,12,20,26H,3,6-11,13-14H2,1H3,(H,21,25)/t19-/m0/s1. The van der Waals surface area contributed by atoms with Crippen LogP contribution < -0.4 is 15.4 Å². The van der Waals surface area contributed by atoms with Crippen LogP contribution in [0.2, 0.25) is 0 Å². The molecule has 2 fully saturated rings. The number of hydrogen-bond acceptors (Lipinski definition) is 5. The Labute approximate surface area is 159 Å². The van der Waals surface area contributed by atoms with Crippen LogP contribution in [-0.2, 0) is 11.3 Å². The van der Waals surface area contributed by atoms with Crippen molar-refractivity contribution < 1.29 is 19.4 Å². The van der Waals surface area contributed by atoms with E-state index in [0.717, 1.165) is 17.7 Å². The van der Waals surface area contributed by atoms with E-state index in [9.17, 15) is 14.7 Å². The average molecular weight is 376 g/mol. The summed E-state index contributed by atoms with van der Waals surface area (Å²) in [7, 11) is 1.61. The third-order valence-electron chi connectivity index (χ3n) is 5.13. The number of methoxy groups -OCH3 is 1. The van der Waals surface area contributed by atoms with Gasteiger partial charge in [-0.2, -0.15) is 0 Å². The third kappa shape index (κ3) is 4.70. The van der Waals surface area contributed by atoms with Crippen molar-refractivity contribution in [3.8, 4) is 5.75 Å². The second kappa shape index (κ2) is 8.58. The Kier molecular flexibility index (Phi) is 6.18. The number of hydrogen-bond donors (Lipinski definition) is 3. The summed E-state index contributed by atoms with van der Waals surface area (Å²) in [5.41, 5.74) is -0.426. The summed E-state index contributed by atoms with van der Waals surface area (Å²) >= 11 is 0. The smallest absolute Gasteiger partial charge is 0.317 e. The first-order chi connectivity index (χ1) is 13.0. The lowest BCUT2D eigenvalue weighted by atomic mass is 9.91. The minimum Gasteiger partial charge on any atom is -0.497 e. The van der Waals surface area contributed by atoms with Crippen molar-refractivity contribution in [1.29, 1.82) is 0 Å². The maximum atomic E-state index is 12.8. The molecule has 2 saturated heterocycles. The van der Waals surface area contributed by atoms with Gasteiger partial charge in [-0.3, -0.25) is 4.79 Å². The quantitative estimate of drug-likeness (QED) is 0.562. The normalized spacial score (nSPS) is 22.9. The number of piperidine rings is 1. The molecule has 0 unspecified atom stereocenters. The van der Waals surface area contributed by atoms with E-state index >= 15 is 0 Å². The molecule has 0 aliphatic carbocycles. The maximum absolute atomic E-state index is 12.8. The number of nitrogens with one attached hydrogen (secondary N) is 2. The number of carbonyl (C=O) groups is 2. The van der Waals surface area contributed by atoms with Crippen molar-refractivity contribution in [2.24, 2.45) is 0 Å². The lowest BCUT2D eigenvalue weighted by molar-refractivity contribution is -0.157. The Morgan fingerprint density at radius 3 is 2.89 bits per heavy atom. The lowest BCUT2D eigenvalue weighted by Gasteiger charge is -2.38. The number of aliphatic hydroxyl groups is 1. The Hall–Kier alpha value is -2.32. The molecule has 3 rings (SSSR count). The number of carbonyl (C=O) groups excluding carboxylic acids is 2. The first kappa shape index (κ1) is 19.4. The first-order valence-corrected chi connectivity index (χ1v) is 9.40. The van der Waals surface area contributed by atoms with Gasteiger partial charge < -0.3 is 30.3 Å². The van der Waals surface area contributed by atoms with Gasteiger partial charge in [0.2, 0.25) is 0 Å². The van der Waals surface area contributed by atoms with Gasteiger partial charge in [0.05, 0.1) is 7.11 Å². The molecule has 3 N–H and O–H groups in total. The number of likely N-dealkylation sites (tertiary alicyclic amines) is 1. The molecule has 8 heteroatoms. The molecule has 2 heterocycles. The second-order valence-corrected chi connectivity index (χ2v) is 7.11. The molecule has 27 heavy (non-hydrogen) atoms. The van der Waals surface area contributed by atoms with Crippen molar-refractivity contribution >= 4 is 11.9 Å². The van der Waals surface area contributed by atoms with Crippen molar-refractivity contribution in [3.63, 3.8) is 0 Å². The Bertz CT molecular complexity index is 683. The third-order valence-corrected chi connectivity index (χ3v) is 5.13. The lowest BCUT2D eigenvalue weighted by Crippen LogP contribution is -2.58. The molecule has 1 aromatic rings. The molecule has 2 aliphatic heterocycles. The Morgan fingerprint density at radius 1 is 1.30 bits per heavy atom. The molecule has 0 bridgehead atoms. The van der Waals surface area contributed by atoms with Crippen LogP contribution in [0, 0.1) is 0 Å². The highest BCUT2D eigenvalue weighted by atomic mass is 16.5. The van der Waals surface area contributed by atoms with E-state index in [0.29, 0.717) is 45.7 Å². The fraction of sp³-hybridized carbons (Fsp3) is 0.579. The maximum Gasteiger partial charge on any atom is 0.317 e. The van der Waals surface area contributed by atoms with Gasteiger partial charge in [-0.15, -0.1) is 0 Å². The van der Waals surface area contributed by atoms with Crippen molar-refractivity contribution in [1.82, 2.24) is 20.4 Å². The number of rotatable bonds is 8. The van der Waals surface area contributed by atoms with E-state index in [2.05, 4.69) is 10.6 Å². The summed E-state index contributed by atoms with van der Waals surface area (Å²) in [5, 5.41) is 16.8. The SMILES string of the molecule is COc1cccc(CN2CCC[C@](O)(CNCCN3CCNC3=O)C2=O)c1. The molecule has 148 valence electrons. The predicted octanol–water partition coefficient (Wildman–Crippen LogP) is 0.164. The van der Waals surface area contributed by atoms with E-state index in [1.807, 2.05) is 24.3 Å². The predicted molar refractivity (Wildman–Crippen MR) is 100 cm³/mol. The first-order valence-electron chi connectivity index (χ1n) is 9.40. The van der Waals surface area contributed by atoms with E-state index in [4.69, 9.17) is 4.74 Å². The van der Waals surface area contributed by atoms with Crippen LogP contribution in [0.25, 0.3) is 0 Å². The van der Waals surface area contributed by atoms with Crippen molar-refractivity contribution in [2.45, 2.75) is 25.0 Å². The number of nitrogens with zero attached hydrogens (tertiary/aromatic N) is 2. The topological polar surface area (TPSA) is 94.1 Å². The molecule has 1 aromatic carbocycles. The minimum absolute atomic E-state index is 0.0614. The number of ether oxygens (including phenoxy) is 1. The van der Waals surface area contributed by atoms with Crippen LogP contribution >= 0.6 is 0 Å². The Morgan fingerprint density at radius 2 is 2.15 bits per heavy atom. The molecule has 0 aromatic heterocycles. The molecular weight excluding hydrogens is 348 g/mol. The van der Waals surface area contributed by atoms with Gasteiger partial charge in [-0.05, 0) is 30.5 Å². The number of benzene rings is 1. The fourth-order valence-electron chi connectivity index (χ4n) is 3.60. The van der Waals surface area contributed by atoms with E-state index < -0.39 is 5.60 Å². The summed E-state index contributed by atoms with van der Waals surface area (Å²) in [6, 6.07) is 7.55. The van der Waals surface area contributed by atoms with Crippen molar-refractivity contribution in [3.05, 3.63) is 29.8 Å². The largest absolute Gasteiger partial charge is 0.497 e. The van der Waals surface area contributed by atoms with Crippen molar-refractivity contribution in [2.75, 3.05) is 46.4 Å². The Balaban J connectivity index is 1.52. The van der Waals surface area contributed by atoms with Gasteiger partial charge in [-0.1, -0.05) is 12.1 Å². The van der Waals surface area contributed by atoms with Crippen LogP contribution in [0.4, 0.5) is 4.79 Å². The highest BCUT2D eigenvalue weighted by molar-refractivity contribution is 5.86. The molecular formula is C19H28N4O4. The van der Waals surface area contributed by atoms with Crippen LogP contribution in [0.1, 0.15) is 18.4 Å². The summed E-state index contributed by atoms with van der Waals surface area (Å²) in [6.45, 7) is 3.73. The minimum atomic E-state index is -1.40. The fourth-order valence-corrected chi connectivity index (χ4v) is 3.60. The van der Waals surface area contributed by atoms with Gasteiger partial charge in [0.25, 0.3) is 5.91 Å². The number of amides is 3. The summed E-state index contributed by atoms with van der Waals surface area (Å²) in [6.07, 6.45) is 1.19. The zero-order chi connectivity index (χ0) is 19.3. The zero-order valence-corrected chi connectivity index (χ0v) is 15.7. The zero-order valence-electron chi connectivity index (χ0n) is 15.7. The highest BCUT2D eigenvalue weighted by Gasteiger charge is 2.41. The second-order valence-electron chi connectivity index (χ2n) is 7.11. The summed E-state index contributed by atoms with van der Waals surface area (Å²) in [4.78, 5) is 27.8. The van der Waals surface area contributed by atoms with Crippen LogP contribution in [0.15, 0.2) is 24.3 Å². The van der Waals surface area contributed by atoms with Crippen LogP contribution in [0.3, 0.4) is 0 Å². The van der Waals surface area contributed by atoms with Gasteiger partial charge in [0, 0.05) is 45.8 Å². The van der Waals surface area contributed by atoms with E-state index in [1.165, 1.54) is 0 Å². The molecule has 3 amide bonds. The van der Waals surface area contributed by atoms with Gasteiger partial charge in [-0.25, -0.2) is 4.79 Å². The number of urea groups is 1. The molecule has 2 aliphatic rings. The molecule has 0 saturated carbocycles.